The number of anilines is 1. The smallest absolute Gasteiger partial charge is 0.264 e. The summed E-state index contributed by atoms with van der Waals surface area (Å²) in [5, 5.41) is 0. The van der Waals surface area contributed by atoms with Crippen LogP contribution in [-0.2, 0) is 21.2 Å². The van der Waals surface area contributed by atoms with Gasteiger partial charge in [0.2, 0.25) is 0 Å². The van der Waals surface area contributed by atoms with Crippen LogP contribution in [0.15, 0.2) is 53.4 Å². The lowest BCUT2D eigenvalue weighted by molar-refractivity contribution is -0.119. The molecule has 0 bridgehead atoms. The summed E-state index contributed by atoms with van der Waals surface area (Å²) < 4.78 is 32.6. The number of ether oxygens (including phenoxy) is 1. The third-order valence-electron chi connectivity index (χ3n) is 3.91. The zero-order valence-electron chi connectivity index (χ0n) is 13.2. The second kappa shape index (κ2) is 6.16. The molecule has 2 N–H and O–H groups in total. The van der Waals surface area contributed by atoms with Gasteiger partial charge in [0.25, 0.3) is 15.9 Å². The Hall–Kier alpha value is -2.54. The molecule has 7 heteroatoms. The minimum absolute atomic E-state index is 0.141. The second-order valence-corrected chi connectivity index (χ2v) is 7.52. The van der Waals surface area contributed by atoms with Crippen LogP contribution >= 0.6 is 0 Å². The topological polar surface area (TPSA) is 89.7 Å². The standard InChI is InChI=1S/C17H18N2O4S/c1-12-10-13-4-2-3-5-16(13)19(12)24(21,22)15-8-6-14(7-9-15)23-11-17(18)20/h2-9,12H,10-11H2,1H3,(H2,18,20)/t12-/m1/s1. The third-order valence-corrected chi connectivity index (χ3v) is 5.85. The van der Waals surface area contributed by atoms with Crippen LogP contribution in [0.1, 0.15) is 12.5 Å². The Morgan fingerprint density at radius 1 is 1.21 bits per heavy atom. The molecule has 1 aliphatic rings. The van der Waals surface area contributed by atoms with Gasteiger partial charge in [-0.3, -0.25) is 9.10 Å². The van der Waals surface area contributed by atoms with Crippen molar-refractivity contribution in [3.05, 3.63) is 54.1 Å². The van der Waals surface area contributed by atoms with E-state index in [9.17, 15) is 13.2 Å². The van der Waals surface area contributed by atoms with Gasteiger partial charge in [-0.1, -0.05) is 18.2 Å². The maximum absolute atomic E-state index is 13.0. The molecule has 1 aliphatic heterocycles. The quantitative estimate of drug-likeness (QED) is 0.892. The number of nitrogens with zero attached hydrogens (tertiary/aromatic N) is 1. The Labute approximate surface area is 140 Å². The normalized spacial score (nSPS) is 16.7. The third kappa shape index (κ3) is 2.94. The maximum Gasteiger partial charge on any atom is 0.264 e. The monoisotopic (exact) mass is 346 g/mol. The van der Waals surface area contributed by atoms with Crippen molar-refractivity contribution in [2.24, 2.45) is 5.73 Å². The fourth-order valence-corrected chi connectivity index (χ4v) is 4.57. The minimum Gasteiger partial charge on any atom is -0.484 e. The molecule has 6 nitrogen and oxygen atoms in total. The SMILES string of the molecule is C[C@@H]1Cc2ccccc2N1S(=O)(=O)c1ccc(OCC(N)=O)cc1. The first-order valence-corrected chi connectivity index (χ1v) is 8.97. The number of benzene rings is 2. The van der Waals surface area contributed by atoms with Crippen LogP contribution in [0.5, 0.6) is 5.75 Å². The molecule has 0 saturated heterocycles. The van der Waals surface area contributed by atoms with E-state index in [4.69, 9.17) is 10.5 Å². The zero-order valence-corrected chi connectivity index (χ0v) is 14.0. The predicted octanol–water partition coefficient (Wildman–Crippen LogP) is 1.69. The zero-order chi connectivity index (χ0) is 17.3. The van der Waals surface area contributed by atoms with Gasteiger partial charge in [0.15, 0.2) is 6.61 Å². The van der Waals surface area contributed by atoms with Gasteiger partial charge in [-0.25, -0.2) is 8.42 Å². The summed E-state index contributed by atoms with van der Waals surface area (Å²) in [6.07, 6.45) is 0.690. The number of fused-ring (bicyclic) bond motifs is 1. The summed E-state index contributed by atoms with van der Waals surface area (Å²) in [6, 6.07) is 13.3. The van der Waals surface area contributed by atoms with Gasteiger partial charge in [-0.2, -0.15) is 0 Å². The van der Waals surface area contributed by atoms with Gasteiger partial charge >= 0.3 is 0 Å². The number of amides is 1. The number of hydrogen-bond donors (Lipinski definition) is 1. The molecule has 0 spiro atoms. The molecule has 0 saturated carbocycles. The Morgan fingerprint density at radius 2 is 1.88 bits per heavy atom. The first-order valence-electron chi connectivity index (χ1n) is 7.53. The van der Waals surface area contributed by atoms with Crippen molar-refractivity contribution in [3.8, 4) is 5.75 Å². The van der Waals surface area contributed by atoms with Crippen LogP contribution < -0.4 is 14.8 Å². The van der Waals surface area contributed by atoms with Crippen molar-refractivity contribution in [2.75, 3.05) is 10.9 Å². The fourth-order valence-electron chi connectivity index (χ4n) is 2.88. The van der Waals surface area contributed by atoms with Gasteiger partial charge in [0, 0.05) is 6.04 Å². The molecule has 2 aromatic carbocycles. The van der Waals surface area contributed by atoms with E-state index in [2.05, 4.69) is 0 Å². The highest BCUT2D eigenvalue weighted by molar-refractivity contribution is 7.92. The predicted molar refractivity (Wildman–Crippen MR) is 90.4 cm³/mol. The minimum atomic E-state index is -3.66. The summed E-state index contributed by atoms with van der Waals surface area (Å²) in [4.78, 5) is 10.9. The summed E-state index contributed by atoms with van der Waals surface area (Å²) in [5.74, 6) is -0.197. The van der Waals surface area contributed by atoms with Gasteiger partial charge in [0.1, 0.15) is 5.75 Å². The number of primary amides is 1. The molecule has 0 radical (unpaired) electrons. The number of carbonyl (C=O) groups excluding carboxylic acids is 1. The van der Waals surface area contributed by atoms with Gasteiger partial charge in [-0.05, 0) is 49.2 Å². The van der Waals surface area contributed by atoms with E-state index < -0.39 is 15.9 Å². The van der Waals surface area contributed by atoms with Crippen molar-refractivity contribution in [3.63, 3.8) is 0 Å². The first kappa shape index (κ1) is 16.3. The molecule has 126 valence electrons. The average molecular weight is 346 g/mol. The molecule has 0 aromatic heterocycles. The fraction of sp³-hybridized carbons (Fsp3) is 0.235. The Morgan fingerprint density at radius 3 is 2.54 bits per heavy atom. The number of carbonyl (C=O) groups is 1. The average Bonchev–Trinajstić information content (AvgIpc) is 2.89. The molecule has 2 aromatic rings. The van der Waals surface area contributed by atoms with Crippen LogP contribution in [0.2, 0.25) is 0 Å². The van der Waals surface area contributed by atoms with E-state index in [0.717, 1.165) is 11.3 Å². The van der Waals surface area contributed by atoms with Crippen LogP contribution in [-0.4, -0.2) is 27.0 Å². The van der Waals surface area contributed by atoms with E-state index in [1.807, 2.05) is 31.2 Å². The van der Waals surface area contributed by atoms with Crippen molar-refractivity contribution in [1.29, 1.82) is 0 Å². The van der Waals surface area contributed by atoms with E-state index in [-0.39, 0.29) is 17.5 Å². The highest BCUT2D eigenvalue weighted by Crippen LogP contribution is 2.36. The van der Waals surface area contributed by atoms with Crippen molar-refractivity contribution >= 4 is 21.6 Å². The second-order valence-electron chi connectivity index (χ2n) is 5.71. The molecule has 0 fully saturated rings. The summed E-state index contributed by atoms with van der Waals surface area (Å²) >= 11 is 0. The molecule has 0 unspecified atom stereocenters. The summed E-state index contributed by atoms with van der Waals surface area (Å²) in [6.45, 7) is 1.64. The largest absolute Gasteiger partial charge is 0.484 e. The summed E-state index contributed by atoms with van der Waals surface area (Å²) in [7, 11) is -3.66. The molecule has 1 amide bonds. The van der Waals surface area contributed by atoms with E-state index in [1.54, 1.807) is 0 Å². The van der Waals surface area contributed by atoms with Crippen molar-refractivity contribution < 1.29 is 17.9 Å². The molecule has 3 rings (SSSR count). The lowest BCUT2D eigenvalue weighted by Crippen LogP contribution is -2.35. The first-order chi connectivity index (χ1) is 11.4. The van der Waals surface area contributed by atoms with Crippen molar-refractivity contribution in [1.82, 2.24) is 0 Å². The number of para-hydroxylation sites is 1. The highest BCUT2D eigenvalue weighted by Gasteiger charge is 2.35. The molecule has 1 atom stereocenters. The highest BCUT2D eigenvalue weighted by atomic mass is 32.2. The Kier molecular flexibility index (Phi) is 4.19. The van der Waals surface area contributed by atoms with Crippen LogP contribution in [0.4, 0.5) is 5.69 Å². The van der Waals surface area contributed by atoms with E-state index in [1.165, 1.54) is 28.6 Å². The van der Waals surface area contributed by atoms with Crippen LogP contribution in [0.25, 0.3) is 0 Å². The molecule has 0 aliphatic carbocycles. The van der Waals surface area contributed by atoms with Crippen LogP contribution in [0, 0.1) is 0 Å². The van der Waals surface area contributed by atoms with Crippen LogP contribution in [0.3, 0.4) is 0 Å². The molecular weight excluding hydrogens is 328 g/mol. The van der Waals surface area contributed by atoms with Crippen molar-refractivity contribution in [2.45, 2.75) is 24.3 Å². The summed E-state index contributed by atoms with van der Waals surface area (Å²) in [5.41, 5.74) is 6.76. The maximum atomic E-state index is 13.0. The molecule has 24 heavy (non-hydrogen) atoms. The Balaban J connectivity index is 1.90. The molecular formula is C17H18N2O4S. The van der Waals surface area contributed by atoms with E-state index >= 15 is 0 Å². The van der Waals surface area contributed by atoms with Gasteiger partial charge in [0.05, 0.1) is 10.6 Å². The number of sulfonamides is 1. The van der Waals surface area contributed by atoms with Gasteiger partial charge in [-0.15, -0.1) is 0 Å². The lowest BCUT2D eigenvalue weighted by atomic mass is 10.1. The lowest BCUT2D eigenvalue weighted by Gasteiger charge is -2.24. The molecule has 1 heterocycles. The number of nitrogens with two attached hydrogens (primary N) is 1. The number of rotatable bonds is 5. The van der Waals surface area contributed by atoms with Gasteiger partial charge < -0.3 is 10.5 Å². The number of hydrogen-bond acceptors (Lipinski definition) is 4. The van der Waals surface area contributed by atoms with E-state index in [0.29, 0.717) is 12.2 Å². The Bertz CT molecular complexity index is 862.